The molecule has 4 heterocycles. The lowest BCUT2D eigenvalue weighted by atomic mass is 9.82. The van der Waals surface area contributed by atoms with Crippen LogP contribution in [0.25, 0.3) is 10.8 Å². The molecule has 0 bridgehead atoms. The van der Waals surface area contributed by atoms with Gasteiger partial charge in [-0.3, -0.25) is 19.3 Å². The number of ether oxygens (including phenoxy) is 1. The summed E-state index contributed by atoms with van der Waals surface area (Å²) in [6, 6.07) is 26.7. The monoisotopic (exact) mass is 677 g/mol. The SMILES string of the molecule is C[C@@H]1[C@@H]([Si](C)(C)F)[C@H](CC(=O)N2CCC[C@H]2CO)O[C@@]12C(=O)N(Cc1ccc(N3C(=O)c4cccc5cccc3c45)cc1)c1ccccc12. The first-order chi connectivity index (χ1) is 23.5. The van der Waals surface area contributed by atoms with E-state index in [-0.39, 0.29) is 43.3 Å². The van der Waals surface area contributed by atoms with E-state index in [0.717, 1.165) is 40.6 Å². The molecule has 1 spiro atoms. The first-order valence-corrected chi connectivity index (χ1v) is 20.1. The molecule has 0 aliphatic carbocycles. The average Bonchev–Trinajstić information content (AvgIpc) is 3.82. The van der Waals surface area contributed by atoms with Crippen LogP contribution in [0.5, 0.6) is 0 Å². The summed E-state index contributed by atoms with van der Waals surface area (Å²) in [5.74, 6) is -0.998. The van der Waals surface area contributed by atoms with Gasteiger partial charge in [-0.2, -0.15) is 0 Å². The minimum atomic E-state index is -3.44. The number of nitrogens with zero attached hydrogens (tertiary/aromatic N) is 3. The maximum absolute atomic E-state index is 16.2. The van der Waals surface area contributed by atoms with Crippen LogP contribution < -0.4 is 9.80 Å². The smallest absolute Gasteiger partial charge is 0.264 e. The number of carbonyl (C=O) groups is 3. The second-order valence-corrected chi connectivity index (χ2v) is 18.2. The Balaban J connectivity index is 1.09. The highest BCUT2D eigenvalue weighted by Crippen LogP contribution is 2.60. The third-order valence-electron chi connectivity index (χ3n) is 11.2. The second-order valence-electron chi connectivity index (χ2n) is 14.4. The Hall–Kier alpha value is -4.38. The highest BCUT2D eigenvalue weighted by Gasteiger charge is 2.67. The molecule has 0 aromatic heterocycles. The van der Waals surface area contributed by atoms with Crippen LogP contribution in [0.15, 0.2) is 84.9 Å². The molecule has 3 amide bonds. The van der Waals surface area contributed by atoms with Gasteiger partial charge in [0.25, 0.3) is 11.8 Å². The Bertz CT molecular complexity index is 1990. The van der Waals surface area contributed by atoms with Gasteiger partial charge in [-0.15, -0.1) is 0 Å². The van der Waals surface area contributed by atoms with E-state index in [4.69, 9.17) is 4.74 Å². The van der Waals surface area contributed by atoms with Gasteiger partial charge in [0.15, 0.2) is 5.60 Å². The van der Waals surface area contributed by atoms with Crippen molar-refractivity contribution in [3.63, 3.8) is 0 Å². The van der Waals surface area contributed by atoms with E-state index in [2.05, 4.69) is 0 Å². The number of aliphatic hydroxyl groups is 1. The van der Waals surface area contributed by atoms with Crippen LogP contribution in [-0.4, -0.2) is 61.4 Å². The number of fused-ring (bicyclic) bond motifs is 2. The summed E-state index contributed by atoms with van der Waals surface area (Å²) in [4.78, 5) is 46.9. The van der Waals surface area contributed by atoms with Gasteiger partial charge < -0.3 is 23.8 Å². The van der Waals surface area contributed by atoms with Crippen molar-refractivity contribution in [2.24, 2.45) is 5.92 Å². The molecule has 0 saturated carbocycles. The molecule has 2 saturated heterocycles. The van der Waals surface area contributed by atoms with E-state index >= 15 is 4.11 Å². The van der Waals surface area contributed by atoms with Crippen molar-refractivity contribution < 1.29 is 28.3 Å². The van der Waals surface area contributed by atoms with E-state index in [1.165, 1.54) is 0 Å². The van der Waals surface area contributed by atoms with Crippen LogP contribution in [0.3, 0.4) is 0 Å². The fourth-order valence-corrected chi connectivity index (χ4v) is 11.6. The number of carbonyl (C=O) groups excluding carboxylic acids is 3. The number of hydrogen-bond acceptors (Lipinski definition) is 5. The lowest BCUT2D eigenvalue weighted by Gasteiger charge is -2.31. The van der Waals surface area contributed by atoms with Crippen LogP contribution in [0, 0.1) is 5.92 Å². The number of anilines is 3. The highest BCUT2D eigenvalue weighted by atomic mass is 28.4. The van der Waals surface area contributed by atoms with Crippen LogP contribution in [0.4, 0.5) is 21.2 Å². The van der Waals surface area contributed by atoms with Gasteiger partial charge in [-0.05, 0) is 67.2 Å². The molecular weight excluding hydrogens is 638 g/mol. The first-order valence-electron chi connectivity index (χ1n) is 17.2. The summed E-state index contributed by atoms with van der Waals surface area (Å²) in [7, 11) is -3.44. The molecule has 8 rings (SSSR count). The lowest BCUT2D eigenvalue weighted by molar-refractivity contribution is -0.150. The van der Waals surface area contributed by atoms with Crippen LogP contribution in [-0.2, 0) is 26.5 Å². The number of halogens is 1. The first kappa shape index (κ1) is 31.9. The molecule has 0 radical (unpaired) electrons. The van der Waals surface area contributed by atoms with Crippen molar-refractivity contribution in [1.82, 2.24) is 4.90 Å². The standard InChI is InChI=1S/C39H40FN3O5Si/c1-24-36(49(2,3)40)33(21-34(45)41-20-8-11-28(41)23-44)48-39(24)30-13-4-5-14-31(30)42(38(39)47)22-25-16-18-27(19-17-25)43-32-15-7-10-26-9-6-12-29(35(26)32)37(43)46/h4-7,9-10,12-19,24,28,33,36,44H,8,11,20-23H2,1-3H3/t24-,28+,33+,36-,39+/m1/s1. The zero-order valence-corrected chi connectivity index (χ0v) is 28.9. The molecular formula is C39H40FN3O5Si. The van der Waals surface area contributed by atoms with E-state index in [9.17, 15) is 19.5 Å². The molecule has 10 heteroatoms. The van der Waals surface area contributed by atoms with Gasteiger partial charge in [0, 0.05) is 34.6 Å². The number of amides is 3. The van der Waals surface area contributed by atoms with Crippen molar-refractivity contribution in [1.29, 1.82) is 0 Å². The molecule has 49 heavy (non-hydrogen) atoms. The minimum absolute atomic E-state index is 0.0304. The summed E-state index contributed by atoms with van der Waals surface area (Å²) in [5, 5.41) is 11.8. The molecule has 4 aromatic carbocycles. The number of para-hydroxylation sites is 1. The van der Waals surface area contributed by atoms with Gasteiger partial charge in [-0.1, -0.05) is 61.5 Å². The fraction of sp³-hybridized carbons (Fsp3) is 0.359. The normalized spacial score (nSPS) is 26.1. The third kappa shape index (κ3) is 4.79. The summed E-state index contributed by atoms with van der Waals surface area (Å²) >= 11 is 0. The van der Waals surface area contributed by atoms with Crippen LogP contribution in [0.1, 0.15) is 47.7 Å². The second kappa shape index (κ2) is 11.6. The zero-order valence-electron chi connectivity index (χ0n) is 27.9. The third-order valence-corrected chi connectivity index (χ3v) is 13.7. The Morgan fingerprint density at radius 1 is 0.980 bits per heavy atom. The van der Waals surface area contributed by atoms with Gasteiger partial charge in [0.05, 0.1) is 48.7 Å². The quantitative estimate of drug-likeness (QED) is 0.171. The Kier molecular flexibility index (Phi) is 7.55. The molecule has 4 aromatic rings. The number of likely N-dealkylation sites (tertiary alicyclic amines) is 1. The Morgan fingerprint density at radius 2 is 1.69 bits per heavy atom. The molecule has 1 N–H and O–H groups in total. The largest absolute Gasteiger partial charge is 0.394 e. The molecule has 252 valence electrons. The molecule has 8 nitrogen and oxygen atoms in total. The topological polar surface area (TPSA) is 90.4 Å². The lowest BCUT2D eigenvalue weighted by Crippen LogP contribution is -2.45. The molecule has 4 aliphatic heterocycles. The number of hydrogen-bond donors (Lipinski definition) is 1. The fourth-order valence-electron chi connectivity index (χ4n) is 9.11. The van der Waals surface area contributed by atoms with Crippen molar-refractivity contribution >= 4 is 54.0 Å². The predicted molar refractivity (Wildman–Crippen MR) is 189 cm³/mol. The van der Waals surface area contributed by atoms with E-state index < -0.39 is 31.6 Å². The van der Waals surface area contributed by atoms with E-state index in [0.29, 0.717) is 23.4 Å². The minimum Gasteiger partial charge on any atom is -0.394 e. The average molecular weight is 678 g/mol. The molecule has 0 unspecified atom stereocenters. The molecule has 2 fully saturated rings. The molecule has 5 atom stereocenters. The Morgan fingerprint density at radius 3 is 2.43 bits per heavy atom. The summed E-state index contributed by atoms with van der Waals surface area (Å²) in [6.07, 6.45) is 0.755. The van der Waals surface area contributed by atoms with Crippen molar-refractivity contribution in [3.8, 4) is 0 Å². The van der Waals surface area contributed by atoms with Crippen LogP contribution in [0.2, 0.25) is 18.6 Å². The van der Waals surface area contributed by atoms with Crippen LogP contribution >= 0.6 is 0 Å². The van der Waals surface area contributed by atoms with Crippen molar-refractivity contribution in [2.45, 2.75) is 69.1 Å². The zero-order chi connectivity index (χ0) is 34.2. The summed E-state index contributed by atoms with van der Waals surface area (Å²) in [6.45, 7) is 5.87. The van der Waals surface area contributed by atoms with Crippen molar-refractivity contribution in [3.05, 3.63) is 102 Å². The van der Waals surface area contributed by atoms with E-state index in [1.807, 2.05) is 91.9 Å². The maximum Gasteiger partial charge on any atom is 0.264 e. The number of benzene rings is 4. The summed E-state index contributed by atoms with van der Waals surface area (Å²) in [5.41, 5.74) is 2.53. The molecule has 4 aliphatic rings. The maximum atomic E-state index is 16.2. The number of rotatable bonds is 7. The van der Waals surface area contributed by atoms with Crippen molar-refractivity contribution in [2.75, 3.05) is 23.0 Å². The van der Waals surface area contributed by atoms with Gasteiger partial charge in [-0.25, -0.2) is 0 Å². The van der Waals surface area contributed by atoms with Gasteiger partial charge >= 0.3 is 0 Å². The Labute approximate surface area is 286 Å². The summed E-state index contributed by atoms with van der Waals surface area (Å²) < 4.78 is 23.0. The van der Waals surface area contributed by atoms with Gasteiger partial charge in [0.2, 0.25) is 14.3 Å². The van der Waals surface area contributed by atoms with Gasteiger partial charge in [0.1, 0.15) is 0 Å². The predicted octanol–water partition coefficient (Wildman–Crippen LogP) is 6.83. The number of aliphatic hydroxyl groups excluding tert-OH is 1. The van der Waals surface area contributed by atoms with E-state index in [1.54, 1.807) is 27.8 Å². The highest BCUT2D eigenvalue weighted by molar-refractivity contribution is 6.72.